The zero-order valence-electron chi connectivity index (χ0n) is 10.2. The Morgan fingerprint density at radius 2 is 1.89 bits per heavy atom. The molecule has 90 valence electrons. The zero-order chi connectivity index (χ0) is 12.8. The summed E-state index contributed by atoms with van der Waals surface area (Å²) in [6.45, 7) is 2.62. The van der Waals surface area contributed by atoms with E-state index in [1.165, 1.54) is 0 Å². The molecule has 0 aromatic heterocycles. The van der Waals surface area contributed by atoms with Gasteiger partial charge < -0.3 is 10.1 Å². The Bertz CT molecular complexity index is 555. The van der Waals surface area contributed by atoms with Gasteiger partial charge in [0.15, 0.2) is 0 Å². The van der Waals surface area contributed by atoms with Crippen LogP contribution in [0.25, 0.3) is 0 Å². The lowest BCUT2D eigenvalue weighted by molar-refractivity contribution is 0.340. The first kappa shape index (κ1) is 12.0. The second-order valence-corrected chi connectivity index (χ2v) is 3.77. The average molecular weight is 238 g/mol. The molecule has 0 aliphatic rings. The summed E-state index contributed by atoms with van der Waals surface area (Å²) in [4.78, 5) is 0. The molecule has 0 bridgehead atoms. The average Bonchev–Trinajstić information content (AvgIpc) is 2.42. The Balaban J connectivity index is 2.11. The van der Waals surface area contributed by atoms with Crippen LogP contribution in [-0.2, 0) is 0 Å². The molecule has 0 unspecified atom stereocenters. The van der Waals surface area contributed by atoms with Crippen molar-refractivity contribution >= 4 is 11.4 Å². The Morgan fingerprint density at radius 1 is 1.11 bits per heavy atom. The second-order valence-electron chi connectivity index (χ2n) is 3.77. The fourth-order valence-corrected chi connectivity index (χ4v) is 1.63. The molecule has 3 nitrogen and oxygen atoms in total. The van der Waals surface area contributed by atoms with E-state index in [4.69, 9.17) is 10.00 Å². The summed E-state index contributed by atoms with van der Waals surface area (Å²) in [6, 6.07) is 17.2. The van der Waals surface area contributed by atoms with E-state index in [0.29, 0.717) is 12.2 Å². The molecule has 0 aliphatic heterocycles. The minimum atomic E-state index is 0.644. The van der Waals surface area contributed by atoms with Crippen LogP contribution in [0.15, 0.2) is 48.5 Å². The molecule has 0 amide bonds. The van der Waals surface area contributed by atoms with Crippen molar-refractivity contribution in [2.24, 2.45) is 0 Å². The highest BCUT2D eigenvalue weighted by atomic mass is 16.5. The molecule has 0 heterocycles. The second kappa shape index (κ2) is 5.74. The molecule has 0 saturated carbocycles. The first-order valence-electron chi connectivity index (χ1n) is 5.82. The van der Waals surface area contributed by atoms with Gasteiger partial charge in [-0.3, -0.25) is 0 Å². The lowest BCUT2D eigenvalue weighted by Crippen LogP contribution is -1.93. The van der Waals surface area contributed by atoms with Crippen LogP contribution in [0.1, 0.15) is 12.5 Å². The van der Waals surface area contributed by atoms with Gasteiger partial charge in [0, 0.05) is 11.4 Å². The molecule has 3 heteroatoms. The van der Waals surface area contributed by atoms with Gasteiger partial charge in [-0.1, -0.05) is 6.07 Å². The van der Waals surface area contributed by atoms with Crippen LogP contribution < -0.4 is 10.1 Å². The largest absolute Gasteiger partial charge is 0.494 e. The molecule has 0 spiro atoms. The van der Waals surface area contributed by atoms with Crippen molar-refractivity contribution in [3.05, 3.63) is 54.1 Å². The van der Waals surface area contributed by atoms with E-state index in [9.17, 15) is 0 Å². The number of nitrogens with one attached hydrogen (secondary N) is 1. The molecule has 0 fully saturated rings. The van der Waals surface area contributed by atoms with Gasteiger partial charge in [0.25, 0.3) is 0 Å². The highest BCUT2D eigenvalue weighted by Gasteiger charge is 1.97. The molecule has 2 aromatic rings. The Morgan fingerprint density at radius 3 is 2.56 bits per heavy atom. The Hall–Kier alpha value is -2.47. The third kappa shape index (κ3) is 3.02. The summed E-state index contributed by atoms with van der Waals surface area (Å²) in [7, 11) is 0. The smallest absolute Gasteiger partial charge is 0.119 e. The van der Waals surface area contributed by atoms with Crippen LogP contribution in [-0.4, -0.2) is 6.61 Å². The molecule has 18 heavy (non-hydrogen) atoms. The summed E-state index contributed by atoms with van der Waals surface area (Å²) in [5.41, 5.74) is 2.51. The summed E-state index contributed by atoms with van der Waals surface area (Å²) in [5, 5.41) is 12.1. The van der Waals surface area contributed by atoms with Crippen molar-refractivity contribution in [1.82, 2.24) is 0 Å². The van der Waals surface area contributed by atoms with Crippen molar-refractivity contribution in [2.45, 2.75) is 6.92 Å². The first-order chi connectivity index (χ1) is 8.81. The molecule has 0 atom stereocenters. The van der Waals surface area contributed by atoms with E-state index in [1.54, 1.807) is 6.07 Å². The predicted octanol–water partition coefficient (Wildman–Crippen LogP) is 3.70. The number of anilines is 2. The highest BCUT2D eigenvalue weighted by molar-refractivity contribution is 5.61. The molecule has 1 N–H and O–H groups in total. The van der Waals surface area contributed by atoms with Crippen LogP contribution in [0.2, 0.25) is 0 Å². The molecular formula is C15H14N2O. The minimum absolute atomic E-state index is 0.644. The summed E-state index contributed by atoms with van der Waals surface area (Å²) in [6.07, 6.45) is 0. The van der Waals surface area contributed by atoms with E-state index in [2.05, 4.69) is 11.4 Å². The van der Waals surface area contributed by atoms with E-state index < -0.39 is 0 Å². The molecule has 2 rings (SSSR count). The van der Waals surface area contributed by atoms with Gasteiger partial charge in [-0.25, -0.2) is 0 Å². The van der Waals surface area contributed by atoms with Crippen LogP contribution in [0.5, 0.6) is 5.75 Å². The molecule has 0 saturated heterocycles. The highest BCUT2D eigenvalue weighted by Crippen LogP contribution is 2.20. The van der Waals surface area contributed by atoms with Gasteiger partial charge in [-0.2, -0.15) is 5.26 Å². The lowest BCUT2D eigenvalue weighted by Gasteiger charge is -2.08. The molecule has 0 radical (unpaired) electrons. The number of ether oxygens (including phenoxy) is 1. The van der Waals surface area contributed by atoms with Crippen molar-refractivity contribution in [3.63, 3.8) is 0 Å². The Kier molecular flexibility index (Phi) is 3.83. The number of hydrogen-bond donors (Lipinski definition) is 1. The van der Waals surface area contributed by atoms with Gasteiger partial charge in [-0.15, -0.1) is 0 Å². The van der Waals surface area contributed by atoms with Crippen molar-refractivity contribution < 1.29 is 4.74 Å². The van der Waals surface area contributed by atoms with Gasteiger partial charge >= 0.3 is 0 Å². The number of nitriles is 1. The standard InChI is InChI=1S/C15H14N2O/c1-2-18-15-8-6-13(7-9-15)17-14-5-3-4-12(10-14)11-16/h3-10,17H,2H2,1H3. The third-order valence-electron chi connectivity index (χ3n) is 2.45. The van der Waals surface area contributed by atoms with Crippen molar-refractivity contribution in [2.75, 3.05) is 11.9 Å². The SMILES string of the molecule is CCOc1ccc(Nc2cccc(C#N)c2)cc1. The van der Waals surface area contributed by atoms with Gasteiger partial charge in [0.05, 0.1) is 18.2 Å². The lowest BCUT2D eigenvalue weighted by atomic mass is 10.2. The first-order valence-corrected chi connectivity index (χ1v) is 5.82. The summed E-state index contributed by atoms with van der Waals surface area (Å²) >= 11 is 0. The third-order valence-corrected chi connectivity index (χ3v) is 2.45. The molecule has 2 aromatic carbocycles. The van der Waals surface area contributed by atoms with Crippen LogP contribution in [0, 0.1) is 11.3 Å². The maximum atomic E-state index is 8.83. The molecular weight excluding hydrogens is 224 g/mol. The van der Waals surface area contributed by atoms with E-state index in [0.717, 1.165) is 17.1 Å². The van der Waals surface area contributed by atoms with Gasteiger partial charge in [0.2, 0.25) is 0 Å². The summed E-state index contributed by atoms with van der Waals surface area (Å²) in [5.74, 6) is 0.855. The number of hydrogen-bond acceptors (Lipinski definition) is 3. The Labute approximate surface area is 107 Å². The van der Waals surface area contributed by atoms with E-state index >= 15 is 0 Å². The van der Waals surface area contributed by atoms with Crippen LogP contribution in [0.4, 0.5) is 11.4 Å². The van der Waals surface area contributed by atoms with Crippen LogP contribution >= 0.6 is 0 Å². The van der Waals surface area contributed by atoms with Crippen molar-refractivity contribution in [1.29, 1.82) is 5.26 Å². The zero-order valence-corrected chi connectivity index (χ0v) is 10.2. The van der Waals surface area contributed by atoms with E-state index in [-0.39, 0.29) is 0 Å². The number of nitrogens with zero attached hydrogens (tertiary/aromatic N) is 1. The van der Waals surface area contributed by atoms with Gasteiger partial charge in [-0.05, 0) is 49.4 Å². The fraction of sp³-hybridized carbons (Fsp3) is 0.133. The van der Waals surface area contributed by atoms with Crippen molar-refractivity contribution in [3.8, 4) is 11.8 Å². The normalized spacial score (nSPS) is 9.56. The number of rotatable bonds is 4. The monoisotopic (exact) mass is 238 g/mol. The quantitative estimate of drug-likeness (QED) is 0.883. The van der Waals surface area contributed by atoms with Gasteiger partial charge in [0.1, 0.15) is 5.75 Å². The van der Waals surface area contributed by atoms with E-state index in [1.807, 2.05) is 49.4 Å². The minimum Gasteiger partial charge on any atom is -0.494 e. The van der Waals surface area contributed by atoms with Crippen LogP contribution in [0.3, 0.4) is 0 Å². The maximum Gasteiger partial charge on any atom is 0.119 e. The summed E-state index contributed by atoms with van der Waals surface area (Å²) < 4.78 is 5.38. The number of benzene rings is 2. The predicted molar refractivity (Wildman–Crippen MR) is 72.1 cm³/mol. The topological polar surface area (TPSA) is 45.0 Å². The maximum absolute atomic E-state index is 8.83. The fourth-order valence-electron chi connectivity index (χ4n) is 1.63. The molecule has 0 aliphatic carbocycles.